The molecular weight excluding hydrogens is 345 g/mol. The summed E-state index contributed by atoms with van der Waals surface area (Å²) >= 11 is 0. The first-order valence-corrected chi connectivity index (χ1v) is 9.25. The van der Waals surface area contributed by atoms with E-state index >= 15 is 0 Å². The average molecular weight is 371 g/mol. The molecule has 1 N–H and O–H groups in total. The number of hydrogen-bond donors (Lipinski definition) is 1. The molecule has 0 bridgehead atoms. The summed E-state index contributed by atoms with van der Waals surface area (Å²) in [5, 5.41) is 2.64. The first-order valence-electron chi connectivity index (χ1n) is 7.70. The molecule has 0 aromatic rings. The highest BCUT2D eigenvalue weighted by atomic mass is 31.2. The lowest BCUT2D eigenvalue weighted by Crippen LogP contribution is -2.20. The maximum Gasteiger partial charge on any atom is 0.508 e. The minimum Gasteiger partial charge on any atom is -0.435 e. The lowest BCUT2D eigenvalue weighted by atomic mass is 10.5. The summed E-state index contributed by atoms with van der Waals surface area (Å²) in [7, 11) is -3.60. The van der Waals surface area contributed by atoms with Crippen LogP contribution in [0.3, 0.4) is 0 Å². The van der Waals surface area contributed by atoms with Crippen molar-refractivity contribution in [2.45, 2.75) is 27.2 Å². The van der Waals surface area contributed by atoms with E-state index in [1.165, 1.54) is 0 Å². The highest BCUT2D eigenvalue weighted by Gasteiger charge is 2.24. The fourth-order valence-electron chi connectivity index (χ4n) is 1.26. The molecule has 0 aliphatic heterocycles. The normalized spacial score (nSPS) is 11.0. The van der Waals surface area contributed by atoms with Crippen LogP contribution in [-0.4, -0.2) is 58.5 Å². The third kappa shape index (κ3) is 12.1. The predicted molar refractivity (Wildman–Crippen MR) is 83.8 cm³/mol. The van der Waals surface area contributed by atoms with Crippen molar-refractivity contribution in [1.29, 1.82) is 0 Å². The Bertz CT molecular complexity index is 375. The standard InChI is InChI=1S/C13H26NO9P/c1-4-7-14-24(17,22-10-8-20-12(15)18-5-2)23-11-9-21-13(16)19-6-3/h4-11H2,1-3H3,(H,14,17). The maximum atomic E-state index is 12.4. The number of carbonyl (C=O) groups excluding carboxylic acids is 2. The van der Waals surface area contributed by atoms with E-state index in [2.05, 4.69) is 24.0 Å². The molecule has 24 heavy (non-hydrogen) atoms. The number of carbonyl (C=O) groups is 2. The van der Waals surface area contributed by atoms with E-state index in [1.54, 1.807) is 13.8 Å². The molecule has 142 valence electrons. The molecule has 0 amide bonds. The summed E-state index contributed by atoms with van der Waals surface area (Å²) < 4.78 is 41.2. The van der Waals surface area contributed by atoms with Gasteiger partial charge in [-0.25, -0.2) is 19.2 Å². The van der Waals surface area contributed by atoms with Gasteiger partial charge in [0.05, 0.1) is 26.4 Å². The molecule has 0 saturated heterocycles. The highest BCUT2D eigenvalue weighted by Crippen LogP contribution is 2.43. The van der Waals surface area contributed by atoms with Gasteiger partial charge in [0.25, 0.3) is 0 Å². The van der Waals surface area contributed by atoms with Gasteiger partial charge in [-0.1, -0.05) is 6.92 Å². The summed E-state index contributed by atoms with van der Waals surface area (Å²) in [4.78, 5) is 22.0. The SMILES string of the molecule is CCCNP(=O)(OCCOC(=O)OCC)OCCOC(=O)OCC. The molecule has 10 nitrogen and oxygen atoms in total. The van der Waals surface area contributed by atoms with Gasteiger partial charge in [-0.15, -0.1) is 0 Å². The Morgan fingerprint density at radius 3 is 1.62 bits per heavy atom. The highest BCUT2D eigenvalue weighted by molar-refractivity contribution is 7.51. The Labute approximate surface area is 141 Å². The van der Waals surface area contributed by atoms with Gasteiger partial charge in [0.1, 0.15) is 13.2 Å². The Balaban J connectivity index is 4.13. The summed E-state index contributed by atoms with van der Waals surface area (Å²) in [5.74, 6) is 0. The third-order valence-electron chi connectivity index (χ3n) is 2.21. The molecule has 0 rings (SSSR count). The first-order chi connectivity index (χ1) is 11.5. The van der Waals surface area contributed by atoms with Crippen LogP contribution in [0.2, 0.25) is 0 Å². The van der Waals surface area contributed by atoms with E-state index in [0.717, 1.165) is 0 Å². The lowest BCUT2D eigenvalue weighted by molar-refractivity contribution is 0.0403. The predicted octanol–water partition coefficient (Wildman–Crippen LogP) is 2.47. The smallest absolute Gasteiger partial charge is 0.435 e. The number of nitrogens with one attached hydrogen (secondary N) is 1. The zero-order valence-corrected chi connectivity index (χ0v) is 15.2. The molecule has 0 heterocycles. The number of rotatable bonds is 13. The van der Waals surface area contributed by atoms with Crippen LogP contribution in [0.1, 0.15) is 27.2 Å². The average Bonchev–Trinajstić information content (AvgIpc) is 2.55. The van der Waals surface area contributed by atoms with E-state index in [9.17, 15) is 14.2 Å². The molecule has 0 aliphatic rings. The van der Waals surface area contributed by atoms with Crippen LogP contribution < -0.4 is 5.09 Å². The van der Waals surface area contributed by atoms with E-state index in [-0.39, 0.29) is 39.6 Å². The zero-order valence-electron chi connectivity index (χ0n) is 14.3. The molecule has 0 unspecified atom stereocenters. The zero-order chi connectivity index (χ0) is 18.3. The van der Waals surface area contributed by atoms with Gasteiger partial charge in [-0.3, -0.25) is 9.05 Å². The van der Waals surface area contributed by atoms with E-state index in [1.807, 2.05) is 6.92 Å². The van der Waals surface area contributed by atoms with Gasteiger partial charge in [-0.2, -0.15) is 0 Å². The maximum absolute atomic E-state index is 12.4. The molecule has 0 atom stereocenters. The number of hydrogen-bond acceptors (Lipinski definition) is 9. The van der Waals surface area contributed by atoms with Gasteiger partial charge < -0.3 is 18.9 Å². The van der Waals surface area contributed by atoms with Gasteiger partial charge >= 0.3 is 20.1 Å². The van der Waals surface area contributed by atoms with Crippen LogP contribution in [0, 0.1) is 0 Å². The van der Waals surface area contributed by atoms with Crippen molar-refractivity contribution < 1.29 is 42.1 Å². The second kappa shape index (κ2) is 14.0. The van der Waals surface area contributed by atoms with Crippen LogP contribution in [0.4, 0.5) is 9.59 Å². The summed E-state index contributed by atoms with van der Waals surface area (Å²) in [6.07, 6.45) is -0.961. The van der Waals surface area contributed by atoms with Crippen molar-refractivity contribution in [1.82, 2.24) is 5.09 Å². The van der Waals surface area contributed by atoms with Gasteiger partial charge in [0.2, 0.25) is 0 Å². The molecule has 0 spiro atoms. The fourth-order valence-corrected chi connectivity index (χ4v) is 2.65. The largest absolute Gasteiger partial charge is 0.508 e. The summed E-state index contributed by atoms with van der Waals surface area (Å²) in [5.41, 5.74) is 0. The third-order valence-corrected chi connectivity index (χ3v) is 3.86. The topological polar surface area (TPSA) is 119 Å². The summed E-state index contributed by atoms with van der Waals surface area (Å²) in [6, 6.07) is 0. The van der Waals surface area contributed by atoms with E-state index in [4.69, 9.17) is 9.05 Å². The molecule has 0 aromatic heterocycles. The molecule has 0 aromatic carbocycles. The van der Waals surface area contributed by atoms with Gasteiger partial charge in [-0.05, 0) is 20.3 Å². The Morgan fingerprint density at radius 2 is 1.25 bits per heavy atom. The minimum absolute atomic E-state index is 0.140. The van der Waals surface area contributed by atoms with Crippen molar-refractivity contribution in [2.75, 3.05) is 46.2 Å². The Kier molecular flexibility index (Phi) is 13.2. The molecule has 11 heteroatoms. The molecule has 0 aliphatic carbocycles. The molecular formula is C13H26NO9P. The van der Waals surface area contributed by atoms with Crippen molar-refractivity contribution in [2.24, 2.45) is 0 Å². The van der Waals surface area contributed by atoms with Crippen LogP contribution in [0.15, 0.2) is 0 Å². The van der Waals surface area contributed by atoms with Crippen LogP contribution in [0.5, 0.6) is 0 Å². The molecule has 0 radical (unpaired) electrons. The Hall–Kier alpha value is -1.35. The quantitative estimate of drug-likeness (QED) is 0.294. The molecule has 0 fully saturated rings. The van der Waals surface area contributed by atoms with Crippen molar-refractivity contribution >= 4 is 20.1 Å². The van der Waals surface area contributed by atoms with Crippen molar-refractivity contribution in [3.8, 4) is 0 Å². The number of ether oxygens (including phenoxy) is 4. The molecule has 0 saturated carbocycles. The second-order valence-electron chi connectivity index (χ2n) is 4.13. The van der Waals surface area contributed by atoms with E-state index < -0.39 is 20.1 Å². The van der Waals surface area contributed by atoms with Gasteiger partial charge in [0, 0.05) is 6.54 Å². The Morgan fingerprint density at radius 1 is 0.792 bits per heavy atom. The monoisotopic (exact) mass is 371 g/mol. The fraction of sp³-hybridized carbons (Fsp3) is 0.846. The van der Waals surface area contributed by atoms with Gasteiger partial charge in [0.15, 0.2) is 0 Å². The van der Waals surface area contributed by atoms with Crippen LogP contribution in [-0.2, 0) is 32.6 Å². The van der Waals surface area contributed by atoms with Crippen LogP contribution >= 0.6 is 7.75 Å². The first kappa shape index (κ1) is 22.6. The van der Waals surface area contributed by atoms with E-state index in [0.29, 0.717) is 13.0 Å². The lowest BCUT2D eigenvalue weighted by Gasteiger charge is -2.19. The van der Waals surface area contributed by atoms with Crippen molar-refractivity contribution in [3.05, 3.63) is 0 Å². The second-order valence-corrected chi connectivity index (χ2v) is 5.96. The van der Waals surface area contributed by atoms with Crippen molar-refractivity contribution in [3.63, 3.8) is 0 Å². The summed E-state index contributed by atoms with van der Waals surface area (Å²) in [6.45, 7) is 5.38. The minimum atomic E-state index is -3.60. The van der Waals surface area contributed by atoms with Crippen LogP contribution in [0.25, 0.3) is 0 Å².